The van der Waals surface area contributed by atoms with Crippen molar-refractivity contribution in [3.05, 3.63) is 47.7 Å². The summed E-state index contributed by atoms with van der Waals surface area (Å²) < 4.78 is 7.37. The van der Waals surface area contributed by atoms with Crippen LogP contribution >= 0.6 is 11.6 Å². The smallest absolute Gasteiger partial charge is 0.410 e. The highest BCUT2D eigenvalue weighted by atomic mass is 35.5. The lowest BCUT2D eigenvalue weighted by Gasteiger charge is -2.39. The molecule has 0 unspecified atom stereocenters. The van der Waals surface area contributed by atoms with Crippen LogP contribution in [0.15, 0.2) is 42.7 Å². The molecular weight excluding hydrogens is 492 g/mol. The zero-order chi connectivity index (χ0) is 26.2. The van der Waals surface area contributed by atoms with Gasteiger partial charge in [-0.15, -0.1) is 5.10 Å². The van der Waals surface area contributed by atoms with Gasteiger partial charge in [0.15, 0.2) is 5.82 Å². The van der Waals surface area contributed by atoms with Crippen molar-refractivity contribution in [2.75, 3.05) is 44.2 Å². The van der Waals surface area contributed by atoms with Gasteiger partial charge in [-0.1, -0.05) is 11.6 Å². The number of rotatable bonds is 3. The average molecular weight is 525 g/mol. The Hall–Kier alpha value is -3.33. The first-order chi connectivity index (χ1) is 17.7. The molecule has 0 saturated carbocycles. The van der Waals surface area contributed by atoms with Crippen molar-refractivity contribution in [1.82, 2.24) is 24.6 Å². The Morgan fingerprint density at radius 1 is 0.946 bits per heavy atom. The monoisotopic (exact) mass is 524 g/mol. The van der Waals surface area contributed by atoms with Crippen molar-refractivity contribution in [2.24, 2.45) is 5.92 Å². The van der Waals surface area contributed by atoms with Gasteiger partial charge in [0.05, 0.1) is 17.4 Å². The molecule has 2 aliphatic heterocycles. The summed E-state index contributed by atoms with van der Waals surface area (Å²) in [5.41, 5.74) is 1.33. The molecule has 0 atom stereocenters. The van der Waals surface area contributed by atoms with E-state index in [-0.39, 0.29) is 17.9 Å². The molecule has 0 N–H and O–H groups in total. The molecule has 10 heteroatoms. The number of benzene rings is 1. The number of piperidine rings is 1. The van der Waals surface area contributed by atoms with Gasteiger partial charge in [0.2, 0.25) is 5.91 Å². The van der Waals surface area contributed by atoms with E-state index in [0.717, 1.165) is 48.3 Å². The Bertz CT molecular complexity index is 1270. The van der Waals surface area contributed by atoms with E-state index in [1.807, 2.05) is 66.9 Å². The number of halogens is 1. The zero-order valence-electron chi connectivity index (χ0n) is 21.6. The molecule has 5 rings (SSSR count). The van der Waals surface area contributed by atoms with Crippen LogP contribution in [-0.2, 0) is 9.53 Å². The highest BCUT2D eigenvalue weighted by Gasteiger charge is 2.33. The van der Waals surface area contributed by atoms with Gasteiger partial charge in [-0.25, -0.2) is 9.48 Å². The Kier molecular flexibility index (Phi) is 6.98. The molecule has 2 aliphatic rings. The summed E-state index contributed by atoms with van der Waals surface area (Å²) in [6, 6.07) is 9.58. The van der Waals surface area contributed by atoms with Crippen molar-refractivity contribution >= 4 is 40.3 Å². The maximum Gasteiger partial charge on any atom is 0.410 e. The lowest BCUT2D eigenvalue weighted by Crippen LogP contribution is -2.53. The van der Waals surface area contributed by atoms with Crippen LogP contribution in [-0.4, -0.2) is 81.4 Å². The molecule has 0 aliphatic carbocycles. The first kappa shape index (κ1) is 25.3. The fourth-order valence-corrected chi connectivity index (χ4v) is 5.12. The highest BCUT2D eigenvalue weighted by molar-refractivity contribution is 6.30. The van der Waals surface area contributed by atoms with Crippen molar-refractivity contribution in [2.45, 2.75) is 39.2 Å². The van der Waals surface area contributed by atoms with Crippen LogP contribution in [0.4, 0.5) is 10.6 Å². The van der Waals surface area contributed by atoms with Gasteiger partial charge in [0.1, 0.15) is 5.60 Å². The molecule has 2 saturated heterocycles. The van der Waals surface area contributed by atoms with Gasteiger partial charge >= 0.3 is 6.09 Å². The van der Waals surface area contributed by atoms with E-state index < -0.39 is 5.60 Å². The van der Waals surface area contributed by atoms with Crippen molar-refractivity contribution in [3.8, 4) is 5.69 Å². The summed E-state index contributed by atoms with van der Waals surface area (Å²) >= 11 is 6.08. The SMILES string of the molecule is CC(C)(C)OC(=O)N1CCN(C(=O)C2CCN(c3nn(-c4ccc(Cl)cc4)c4cnccc34)CC2)CC1. The molecule has 2 amide bonds. The quantitative estimate of drug-likeness (QED) is 0.506. The maximum absolute atomic E-state index is 13.3. The van der Waals surface area contributed by atoms with Crippen molar-refractivity contribution in [3.63, 3.8) is 0 Å². The number of pyridine rings is 1. The molecule has 0 radical (unpaired) electrons. The Morgan fingerprint density at radius 2 is 1.59 bits per heavy atom. The van der Waals surface area contributed by atoms with Crippen LogP contribution in [0.1, 0.15) is 33.6 Å². The minimum Gasteiger partial charge on any atom is -0.444 e. The second-order valence-corrected chi connectivity index (χ2v) is 11.1. The third-order valence-corrected chi connectivity index (χ3v) is 7.17. The number of nitrogens with zero attached hydrogens (tertiary/aromatic N) is 6. The predicted octanol–water partition coefficient (Wildman–Crippen LogP) is 4.37. The normalized spacial score (nSPS) is 17.4. The number of anilines is 1. The van der Waals surface area contributed by atoms with E-state index in [9.17, 15) is 9.59 Å². The highest BCUT2D eigenvalue weighted by Crippen LogP contribution is 2.31. The lowest BCUT2D eigenvalue weighted by atomic mass is 9.95. The first-order valence-corrected chi connectivity index (χ1v) is 13.2. The standard InChI is InChI=1S/C27H33ClN6O3/c1-27(2,3)37-26(36)33-16-14-32(15-17-33)25(35)19-9-12-31(13-10-19)24-22-8-11-29-18-23(22)34(30-24)21-6-4-20(28)5-7-21/h4-8,11,18-19H,9-10,12-17H2,1-3H3. The topological polar surface area (TPSA) is 83.8 Å². The number of piperazine rings is 1. The third-order valence-electron chi connectivity index (χ3n) is 6.92. The van der Waals surface area contributed by atoms with Crippen LogP contribution in [0.2, 0.25) is 5.02 Å². The number of hydrogen-bond acceptors (Lipinski definition) is 6. The van der Waals surface area contributed by atoms with Crippen LogP contribution in [0.3, 0.4) is 0 Å². The number of carbonyl (C=O) groups excluding carboxylic acids is 2. The molecule has 196 valence electrons. The number of fused-ring (bicyclic) bond motifs is 1. The number of carbonyl (C=O) groups is 2. The molecule has 2 aromatic heterocycles. The van der Waals surface area contributed by atoms with Crippen molar-refractivity contribution in [1.29, 1.82) is 0 Å². The minimum absolute atomic E-state index is 0.0180. The van der Waals surface area contributed by atoms with E-state index in [1.165, 1.54) is 0 Å². The van der Waals surface area contributed by atoms with Crippen LogP contribution in [0, 0.1) is 5.92 Å². The summed E-state index contributed by atoms with van der Waals surface area (Å²) in [7, 11) is 0. The largest absolute Gasteiger partial charge is 0.444 e. The van der Waals surface area contributed by atoms with Gasteiger partial charge in [-0.05, 0) is 63.9 Å². The van der Waals surface area contributed by atoms with Crippen LogP contribution < -0.4 is 4.90 Å². The van der Waals surface area contributed by atoms with Crippen LogP contribution in [0.5, 0.6) is 0 Å². The molecule has 4 heterocycles. The fourth-order valence-electron chi connectivity index (χ4n) is 4.99. The summed E-state index contributed by atoms with van der Waals surface area (Å²) in [6.45, 7) is 9.18. The predicted molar refractivity (Wildman–Crippen MR) is 143 cm³/mol. The van der Waals surface area contributed by atoms with Gasteiger partial charge < -0.3 is 19.4 Å². The summed E-state index contributed by atoms with van der Waals surface area (Å²) in [4.78, 5) is 35.8. The Morgan fingerprint density at radius 3 is 2.24 bits per heavy atom. The Labute approximate surface area is 221 Å². The van der Waals surface area contributed by atoms with E-state index in [4.69, 9.17) is 21.4 Å². The van der Waals surface area contributed by atoms with Gasteiger partial charge in [-0.2, -0.15) is 0 Å². The first-order valence-electron chi connectivity index (χ1n) is 12.8. The maximum atomic E-state index is 13.3. The minimum atomic E-state index is -0.523. The second kappa shape index (κ2) is 10.2. The average Bonchev–Trinajstić information content (AvgIpc) is 3.28. The number of hydrogen-bond donors (Lipinski definition) is 0. The molecule has 3 aromatic rings. The van der Waals surface area contributed by atoms with E-state index in [2.05, 4.69) is 9.88 Å². The molecular formula is C27H33ClN6O3. The van der Waals surface area contributed by atoms with Gasteiger partial charge in [0, 0.05) is 61.8 Å². The third kappa shape index (κ3) is 5.51. The Balaban J connectivity index is 1.22. The number of ether oxygens (including phenoxy) is 1. The summed E-state index contributed by atoms with van der Waals surface area (Å²) in [5.74, 6) is 1.07. The summed E-state index contributed by atoms with van der Waals surface area (Å²) in [5, 5.41) is 6.65. The number of amides is 2. The fraction of sp³-hybridized carbons (Fsp3) is 0.481. The molecule has 1 aromatic carbocycles. The van der Waals surface area contributed by atoms with Crippen LogP contribution in [0.25, 0.3) is 16.6 Å². The van der Waals surface area contributed by atoms with E-state index in [1.54, 1.807) is 11.1 Å². The molecule has 0 spiro atoms. The molecule has 37 heavy (non-hydrogen) atoms. The molecule has 0 bridgehead atoms. The van der Waals surface area contributed by atoms with E-state index in [0.29, 0.717) is 31.2 Å². The van der Waals surface area contributed by atoms with Gasteiger partial charge in [-0.3, -0.25) is 9.78 Å². The summed E-state index contributed by atoms with van der Waals surface area (Å²) in [6.07, 6.45) is 4.84. The van der Waals surface area contributed by atoms with Gasteiger partial charge in [0.25, 0.3) is 0 Å². The zero-order valence-corrected chi connectivity index (χ0v) is 22.3. The molecule has 9 nitrogen and oxygen atoms in total. The van der Waals surface area contributed by atoms with Crippen molar-refractivity contribution < 1.29 is 14.3 Å². The second-order valence-electron chi connectivity index (χ2n) is 10.7. The lowest BCUT2D eigenvalue weighted by molar-refractivity contribution is -0.138. The molecule has 2 fully saturated rings. The van der Waals surface area contributed by atoms with E-state index >= 15 is 0 Å². The number of aromatic nitrogens is 3.